The van der Waals surface area contributed by atoms with Gasteiger partial charge in [-0.05, 0) is 12.1 Å². The Morgan fingerprint density at radius 2 is 1.69 bits per heavy atom. The maximum Gasteiger partial charge on any atom is 0.250 e. The number of carbonyl (C=O) groups excluding carboxylic acids is 2. The van der Waals surface area contributed by atoms with E-state index in [0.717, 1.165) is 11.0 Å². The maximum atomic E-state index is 10.0. The van der Waals surface area contributed by atoms with Crippen molar-refractivity contribution in [1.82, 2.24) is 20.7 Å². The van der Waals surface area contributed by atoms with Gasteiger partial charge in [0.25, 0.3) is 11.8 Å². The fourth-order valence-electron chi connectivity index (χ4n) is 1.14. The van der Waals surface area contributed by atoms with Crippen LogP contribution in [0.25, 0.3) is 11.0 Å². The Morgan fingerprint density at radius 1 is 1.00 bits per heavy atom. The molecule has 2 heterocycles. The molecule has 0 saturated heterocycles. The van der Waals surface area contributed by atoms with Gasteiger partial charge < -0.3 is 0 Å². The average Bonchev–Trinajstić information content (AvgIpc) is 2.88. The van der Waals surface area contributed by atoms with Crippen LogP contribution in [0, 0.1) is 0 Å². The third-order valence-corrected chi connectivity index (χ3v) is 1.86. The van der Waals surface area contributed by atoms with Gasteiger partial charge in [0.1, 0.15) is 5.52 Å². The molecule has 0 atom stereocenters. The molecule has 0 radical (unpaired) electrons. The van der Waals surface area contributed by atoms with Crippen LogP contribution >= 0.6 is 0 Å². The normalized spacial score (nSPS) is 13.5. The van der Waals surface area contributed by atoms with Gasteiger partial charge in [-0.2, -0.15) is 0 Å². The Morgan fingerprint density at radius 3 is 2.25 bits per heavy atom. The smallest absolute Gasteiger partial charge is 0.250 e. The second-order valence-electron chi connectivity index (χ2n) is 3.02. The SMILES string of the molecule is O=C1C=CC(=O)N1.c1ccc2[nH]nnc2c1. The van der Waals surface area contributed by atoms with Gasteiger partial charge in [0.05, 0.1) is 5.52 Å². The van der Waals surface area contributed by atoms with Crippen molar-refractivity contribution in [2.45, 2.75) is 0 Å². The van der Waals surface area contributed by atoms with Crippen molar-refractivity contribution in [3.63, 3.8) is 0 Å². The molecule has 1 aromatic heterocycles. The van der Waals surface area contributed by atoms with E-state index in [0.29, 0.717) is 0 Å². The van der Waals surface area contributed by atoms with Gasteiger partial charge in [0.2, 0.25) is 0 Å². The average molecular weight is 216 g/mol. The zero-order chi connectivity index (χ0) is 11.4. The fourth-order valence-corrected chi connectivity index (χ4v) is 1.14. The highest BCUT2D eigenvalue weighted by atomic mass is 16.2. The van der Waals surface area contributed by atoms with Crippen LogP contribution in [0.3, 0.4) is 0 Å². The molecule has 80 valence electrons. The van der Waals surface area contributed by atoms with Crippen molar-refractivity contribution >= 4 is 22.8 Å². The van der Waals surface area contributed by atoms with E-state index in [-0.39, 0.29) is 11.8 Å². The predicted octanol–water partition coefficient (Wildman–Crippen LogP) is 0.157. The molecular formula is C10H8N4O2. The third-order valence-electron chi connectivity index (χ3n) is 1.86. The van der Waals surface area contributed by atoms with E-state index in [1.54, 1.807) is 0 Å². The molecule has 6 heteroatoms. The summed E-state index contributed by atoms with van der Waals surface area (Å²) in [5, 5.41) is 12.2. The number of aromatic amines is 1. The summed E-state index contributed by atoms with van der Waals surface area (Å²) in [5.41, 5.74) is 1.90. The molecular weight excluding hydrogens is 208 g/mol. The van der Waals surface area contributed by atoms with Crippen LogP contribution in [0.5, 0.6) is 0 Å². The van der Waals surface area contributed by atoms with Crippen LogP contribution in [0.15, 0.2) is 36.4 Å². The molecule has 0 saturated carbocycles. The van der Waals surface area contributed by atoms with Gasteiger partial charge >= 0.3 is 0 Å². The van der Waals surface area contributed by atoms with Gasteiger partial charge in [0, 0.05) is 12.2 Å². The number of benzene rings is 1. The van der Waals surface area contributed by atoms with Gasteiger partial charge in [-0.15, -0.1) is 5.10 Å². The lowest BCUT2D eigenvalue weighted by atomic mass is 10.3. The van der Waals surface area contributed by atoms with E-state index >= 15 is 0 Å². The summed E-state index contributed by atoms with van der Waals surface area (Å²) in [6, 6.07) is 7.74. The molecule has 0 bridgehead atoms. The van der Waals surface area contributed by atoms with Crippen LogP contribution < -0.4 is 5.32 Å². The van der Waals surface area contributed by atoms with E-state index in [1.165, 1.54) is 12.2 Å². The molecule has 6 nitrogen and oxygen atoms in total. The van der Waals surface area contributed by atoms with Crippen molar-refractivity contribution in [3.05, 3.63) is 36.4 Å². The number of nitrogens with one attached hydrogen (secondary N) is 2. The van der Waals surface area contributed by atoms with Crippen LogP contribution in [0.2, 0.25) is 0 Å². The summed E-state index contributed by atoms with van der Waals surface area (Å²) in [4.78, 5) is 20.1. The Kier molecular flexibility index (Phi) is 2.73. The number of fused-ring (bicyclic) bond motifs is 1. The van der Waals surface area contributed by atoms with Gasteiger partial charge in [0.15, 0.2) is 0 Å². The predicted molar refractivity (Wildman–Crippen MR) is 56.2 cm³/mol. The number of nitrogens with zero attached hydrogens (tertiary/aromatic N) is 2. The lowest BCUT2D eigenvalue weighted by Gasteiger charge is -1.80. The first-order valence-electron chi connectivity index (χ1n) is 4.54. The summed E-state index contributed by atoms with van der Waals surface area (Å²) in [6.45, 7) is 0. The van der Waals surface area contributed by atoms with Crippen LogP contribution in [0.1, 0.15) is 0 Å². The topological polar surface area (TPSA) is 87.7 Å². The highest BCUT2D eigenvalue weighted by Gasteiger charge is 2.06. The number of hydrogen-bond donors (Lipinski definition) is 2. The summed E-state index contributed by atoms with van der Waals surface area (Å²) in [7, 11) is 0. The number of carbonyl (C=O) groups is 2. The third kappa shape index (κ3) is 2.30. The van der Waals surface area contributed by atoms with E-state index in [1.807, 2.05) is 29.6 Å². The molecule has 3 rings (SSSR count). The summed E-state index contributed by atoms with van der Waals surface area (Å²) in [6.07, 6.45) is 2.39. The molecule has 1 aliphatic rings. The van der Waals surface area contributed by atoms with Crippen LogP contribution in [-0.4, -0.2) is 27.2 Å². The largest absolute Gasteiger partial charge is 0.289 e. The van der Waals surface area contributed by atoms with E-state index in [4.69, 9.17) is 0 Å². The lowest BCUT2D eigenvalue weighted by molar-refractivity contribution is -0.123. The monoisotopic (exact) mass is 216 g/mol. The van der Waals surface area contributed by atoms with E-state index in [2.05, 4.69) is 15.4 Å². The molecule has 0 aliphatic carbocycles. The molecule has 2 N–H and O–H groups in total. The zero-order valence-electron chi connectivity index (χ0n) is 8.18. The number of rotatable bonds is 0. The Balaban J connectivity index is 0.000000125. The van der Waals surface area contributed by atoms with Crippen molar-refractivity contribution in [2.24, 2.45) is 0 Å². The minimum absolute atomic E-state index is 0.329. The number of para-hydroxylation sites is 1. The van der Waals surface area contributed by atoms with Crippen molar-refractivity contribution in [2.75, 3.05) is 0 Å². The highest BCUT2D eigenvalue weighted by Crippen LogP contribution is 2.03. The van der Waals surface area contributed by atoms with Crippen LogP contribution in [0.4, 0.5) is 0 Å². The van der Waals surface area contributed by atoms with Crippen molar-refractivity contribution in [1.29, 1.82) is 0 Å². The molecule has 1 aromatic carbocycles. The Hall–Kier alpha value is -2.50. The van der Waals surface area contributed by atoms with Gasteiger partial charge in [-0.3, -0.25) is 20.0 Å². The molecule has 0 spiro atoms. The number of imide groups is 1. The second kappa shape index (κ2) is 4.35. The van der Waals surface area contributed by atoms with E-state index in [9.17, 15) is 9.59 Å². The summed E-state index contributed by atoms with van der Waals surface area (Å²) < 4.78 is 0. The highest BCUT2D eigenvalue weighted by molar-refractivity contribution is 6.12. The first-order chi connectivity index (χ1) is 7.75. The number of amides is 2. The molecule has 0 fully saturated rings. The van der Waals surface area contributed by atoms with Gasteiger partial charge in [-0.25, -0.2) is 0 Å². The Labute approximate surface area is 90.3 Å². The molecule has 1 aliphatic heterocycles. The van der Waals surface area contributed by atoms with Gasteiger partial charge in [-0.1, -0.05) is 17.3 Å². The molecule has 2 aromatic rings. The quantitative estimate of drug-likeness (QED) is 0.614. The minimum atomic E-state index is -0.329. The van der Waals surface area contributed by atoms with E-state index < -0.39 is 0 Å². The number of hydrogen-bond acceptors (Lipinski definition) is 4. The summed E-state index contributed by atoms with van der Waals surface area (Å²) in [5.74, 6) is -0.657. The Bertz CT molecular complexity index is 512. The maximum absolute atomic E-state index is 10.0. The fraction of sp³-hybridized carbons (Fsp3) is 0. The first kappa shape index (κ1) is 10.0. The molecule has 2 amide bonds. The molecule has 16 heavy (non-hydrogen) atoms. The first-order valence-corrected chi connectivity index (χ1v) is 4.54. The van der Waals surface area contributed by atoms with Crippen LogP contribution in [-0.2, 0) is 9.59 Å². The lowest BCUT2D eigenvalue weighted by Crippen LogP contribution is -2.19. The molecule has 0 unspecified atom stereocenters. The van der Waals surface area contributed by atoms with Crippen molar-refractivity contribution in [3.8, 4) is 0 Å². The number of aromatic nitrogens is 3. The minimum Gasteiger partial charge on any atom is -0.289 e. The summed E-state index contributed by atoms with van der Waals surface area (Å²) >= 11 is 0. The van der Waals surface area contributed by atoms with Crippen molar-refractivity contribution < 1.29 is 9.59 Å². The zero-order valence-corrected chi connectivity index (χ0v) is 8.18. The second-order valence-corrected chi connectivity index (χ2v) is 3.02. The number of H-pyrrole nitrogens is 1. The standard InChI is InChI=1S/C6H5N3.C4H3NO2/c1-2-4-6-5(3-1)7-9-8-6;6-3-1-2-4(7)5-3/h1-4H,(H,7,8,9);1-2H,(H,5,6,7).